The summed E-state index contributed by atoms with van der Waals surface area (Å²) in [7, 11) is 1.57. The first-order valence-electron chi connectivity index (χ1n) is 6.54. The molecule has 1 N–H and O–H groups in total. The molecule has 2 rings (SSSR count). The first-order chi connectivity index (χ1) is 9.63. The van der Waals surface area contributed by atoms with Gasteiger partial charge < -0.3 is 14.7 Å². The van der Waals surface area contributed by atoms with Crippen LogP contribution in [0.5, 0.6) is 0 Å². The molecule has 1 aromatic heterocycles. The molecule has 0 aromatic carbocycles. The van der Waals surface area contributed by atoms with Crippen molar-refractivity contribution < 1.29 is 19.4 Å². The predicted molar refractivity (Wildman–Crippen MR) is 70.8 cm³/mol. The second-order valence-electron chi connectivity index (χ2n) is 4.86. The van der Waals surface area contributed by atoms with Gasteiger partial charge >= 0.3 is 5.97 Å². The van der Waals surface area contributed by atoms with Gasteiger partial charge in [-0.3, -0.25) is 14.6 Å². The molecule has 108 valence electrons. The summed E-state index contributed by atoms with van der Waals surface area (Å²) in [6.45, 7) is 1.24. The van der Waals surface area contributed by atoms with Gasteiger partial charge in [0.1, 0.15) is 0 Å². The monoisotopic (exact) mass is 278 g/mol. The Morgan fingerprint density at radius 1 is 1.45 bits per heavy atom. The molecule has 2 atom stereocenters. The molecule has 6 nitrogen and oxygen atoms in total. The summed E-state index contributed by atoms with van der Waals surface area (Å²) in [5.41, 5.74) is 0.782. The van der Waals surface area contributed by atoms with Crippen molar-refractivity contribution in [2.24, 2.45) is 11.8 Å². The quantitative estimate of drug-likeness (QED) is 0.797. The lowest BCUT2D eigenvalue weighted by atomic mass is 10.2. The number of rotatable bonds is 7. The van der Waals surface area contributed by atoms with Gasteiger partial charge in [-0.15, -0.1) is 0 Å². The lowest BCUT2D eigenvalue weighted by Gasteiger charge is -2.22. The van der Waals surface area contributed by atoms with E-state index in [1.807, 2.05) is 18.2 Å². The van der Waals surface area contributed by atoms with E-state index in [1.54, 1.807) is 18.2 Å². The second kappa shape index (κ2) is 6.47. The molecule has 1 aromatic rings. The molecule has 0 bridgehead atoms. The summed E-state index contributed by atoms with van der Waals surface area (Å²) in [4.78, 5) is 29.0. The first kappa shape index (κ1) is 14.5. The van der Waals surface area contributed by atoms with Gasteiger partial charge in [-0.05, 0) is 18.6 Å². The summed E-state index contributed by atoms with van der Waals surface area (Å²) in [6.07, 6.45) is 2.10. The van der Waals surface area contributed by atoms with E-state index >= 15 is 0 Å². The zero-order chi connectivity index (χ0) is 14.5. The van der Waals surface area contributed by atoms with Crippen molar-refractivity contribution in [3.8, 4) is 0 Å². The van der Waals surface area contributed by atoms with Crippen LogP contribution in [0.2, 0.25) is 0 Å². The van der Waals surface area contributed by atoms with E-state index in [-0.39, 0.29) is 5.91 Å². The number of pyridine rings is 1. The van der Waals surface area contributed by atoms with Crippen LogP contribution in [0.1, 0.15) is 12.1 Å². The normalized spacial score (nSPS) is 20.4. The summed E-state index contributed by atoms with van der Waals surface area (Å²) < 4.78 is 5.00. The van der Waals surface area contributed by atoms with Crippen LogP contribution in [0.15, 0.2) is 24.4 Å². The molecular weight excluding hydrogens is 260 g/mol. The van der Waals surface area contributed by atoms with E-state index < -0.39 is 17.8 Å². The van der Waals surface area contributed by atoms with Gasteiger partial charge in [-0.25, -0.2) is 0 Å². The average molecular weight is 278 g/mol. The van der Waals surface area contributed by atoms with Crippen molar-refractivity contribution >= 4 is 11.9 Å². The van der Waals surface area contributed by atoms with E-state index in [0.29, 0.717) is 26.1 Å². The number of carbonyl (C=O) groups excluding carboxylic acids is 1. The van der Waals surface area contributed by atoms with E-state index in [2.05, 4.69) is 4.98 Å². The predicted octanol–water partition coefficient (Wildman–Crippen LogP) is 0.777. The van der Waals surface area contributed by atoms with Crippen LogP contribution in [0.4, 0.5) is 0 Å². The van der Waals surface area contributed by atoms with Crippen LogP contribution in [-0.4, -0.2) is 47.1 Å². The summed E-state index contributed by atoms with van der Waals surface area (Å²) >= 11 is 0. The molecule has 1 aliphatic carbocycles. The maximum Gasteiger partial charge on any atom is 0.307 e. The molecule has 0 aliphatic heterocycles. The average Bonchev–Trinajstić information content (AvgIpc) is 3.24. The fraction of sp³-hybridized carbons (Fsp3) is 0.500. The second-order valence-corrected chi connectivity index (χ2v) is 4.86. The Hall–Kier alpha value is -1.95. The van der Waals surface area contributed by atoms with Crippen molar-refractivity contribution in [2.75, 3.05) is 20.3 Å². The highest BCUT2D eigenvalue weighted by molar-refractivity contribution is 5.89. The third kappa shape index (κ3) is 3.54. The number of carbonyl (C=O) groups is 2. The van der Waals surface area contributed by atoms with Crippen LogP contribution >= 0.6 is 0 Å². The lowest BCUT2D eigenvalue weighted by Crippen LogP contribution is -2.35. The Bertz CT molecular complexity index is 477. The maximum absolute atomic E-state index is 12.3. The Kier molecular flexibility index (Phi) is 4.68. The highest BCUT2D eigenvalue weighted by Crippen LogP contribution is 2.40. The van der Waals surface area contributed by atoms with Gasteiger partial charge in [0, 0.05) is 19.9 Å². The van der Waals surface area contributed by atoms with E-state index in [0.717, 1.165) is 5.69 Å². The van der Waals surface area contributed by atoms with Gasteiger partial charge in [0.25, 0.3) is 0 Å². The van der Waals surface area contributed by atoms with Gasteiger partial charge in [-0.1, -0.05) is 6.07 Å². The van der Waals surface area contributed by atoms with Crippen LogP contribution in [0.3, 0.4) is 0 Å². The molecule has 0 saturated heterocycles. The minimum atomic E-state index is -0.895. The van der Waals surface area contributed by atoms with Crippen molar-refractivity contribution in [1.29, 1.82) is 0 Å². The fourth-order valence-corrected chi connectivity index (χ4v) is 2.13. The molecular formula is C14H18N2O4. The Morgan fingerprint density at radius 3 is 2.80 bits per heavy atom. The standard InChI is InChI=1S/C14H18N2O4/c1-20-7-6-16(9-10-4-2-3-5-15-10)13(17)11-8-12(11)14(18)19/h2-5,11-12H,6-9H2,1H3,(H,18,19). The molecule has 1 fully saturated rings. The molecule has 1 amide bonds. The number of nitrogens with zero attached hydrogens (tertiary/aromatic N) is 2. The number of carboxylic acid groups (broad SMARTS) is 1. The van der Waals surface area contributed by atoms with Gasteiger partial charge in [0.15, 0.2) is 0 Å². The highest BCUT2D eigenvalue weighted by atomic mass is 16.5. The highest BCUT2D eigenvalue weighted by Gasteiger charge is 2.49. The molecule has 6 heteroatoms. The SMILES string of the molecule is COCCN(Cc1ccccn1)C(=O)C1CC1C(=O)O. The van der Waals surface area contributed by atoms with Crippen molar-refractivity contribution in [2.45, 2.75) is 13.0 Å². The van der Waals surface area contributed by atoms with Crippen LogP contribution < -0.4 is 0 Å². The van der Waals surface area contributed by atoms with Gasteiger partial charge in [0.2, 0.25) is 5.91 Å². The lowest BCUT2D eigenvalue weighted by molar-refractivity contribution is -0.142. The molecule has 2 unspecified atom stereocenters. The molecule has 1 saturated carbocycles. The number of aliphatic carboxylic acids is 1. The van der Waals surface area contributed by atoms with Crippen LogP contribution in [-0.2, 0) is 20.9 Å². The number of ether oxygens (including phenoxy) is 1. The Morgan fingerprint density at radius 2 is 2.25 bits per heavy atom. The number of hydrogen-bond donors (Lipinski definition) is 1. The van der Waals surface area contributed by atoms with Gasteiger partial charge in [-0.2, -0.15) is 0 Å². The van der Waals surface area contributed by atoms with E-state index in [9.17, 15) is 9.59 Å². The summed E-state index contributed by atoms with van der Waals surface area (Å²) in [5.74, 6) is -1.95. The zero-order valence-electron chi connectivity index (χ0n) is 11.4. The van der Waals surface area contributed by atoms with Crippen molar-refractivity contribution in [3.63, 3.8) is 0 Å². The van der Waals surface area contributed by atoms with Crippen LogP contribution in [0.25, 0.3) is 0 Å². The zero-order valence-corrected chi connectivity index (χ0v) is 11.4. The minimum absolute atomic E-state index is 0.125. The van der Waals surface area contributed by atoms with Crippen molar-refractivity contribution in [3.05, 3.63) is 30.1 Å². The smallest absolute Gasteiger partial charge is 0.307 e. The number of amides is 1. The topological polar surface area (TPSA) is 79.7 Å². The van der Waals surface area contributed by atoms with Gasteiger partial charge in [0.05, 0.1) is 30.7 Å². The number of methoxy groups -OCH3 is 1. The minimum Gasteiger partial charge on any atom is -0.481 e. The molecule has 1 heterocycles. The van der Waals surface area contributed by atoms with E-state index in [4.69, 9.17) is 9.84 Å². The Balaban J connectivity index is 2.00. The maximum atomic E-state index is 12.3. The summed E-state index contributed by atoms with van der Waals surface area (Å²) in [5, 5.41) is 8.91. The number of aromatic nitrogens is 1. The van der Waals surface area contributed by atoms with Crippen molar-refractivity contribution in [1.82, 2.24) is 9.88 Å². The molecule has 1 aliphatic rings. The molecule has 0 spiro atoms. The third-order valence-electron chi connectivity index (χ3n) is 3.38. The van der Waals surface area contributed by atoms with E-state index in [1.165, 1.54) is 0 Å². The third-order valence-corrected chi connectivity index (χ3v) is 3.38. The first-order valence-corrected chi connectivity index (χ1v) is 6.54. The number of carboxylic acids is 1. The largest absolute Gasteiger partial charge is 0.481 e. The fourth-order valence-electron chi connectivity index (χ4n) is 2.13. The summed E-state index contributed by atoms with van der Waals surface area (Å²) in [6, 6.07) is 5.51. The molecule has 20 heavy (non-hydrogen) atoms. The van der Waals surface area contributed by atoms with Crippen LogP contribution in [0, 0.1) is 11.8 Å². The Labute approximate surface area is 117 Å². The number of hydrogen-bond acceptors (Lipinski definition) is 4. The molecule has 0 radical (unpaired) electrons.